The van der Waals surface area contributed by atoms with Gasteiger partial charge in [0.2, 0.25) is 5.78 Å². The van der Waals surface area contributed by atoms with Gasteiger partial charge in [-0.2, -0.15) is 0 Å². The second-order valence-corrected chi connectivity index (χ2v) is 10.0. The Bertz CT molecular complexity index is 1190. The third kappa shape index (κ3) is 5.63. The Morgan fingerprint density at radius 2 is 1.58 bits per heavy atom. The summed E-state index contributed by atoms with van der Waals surface area (Å²) in [5, 5.41) is 0. The average Bonchev–Trinajstić information content (AvgIpc) is 3.21. The molecular weight excluding hydrogens is 462 g/mol. The minimum Gasteiger partial charge on any atom is -0.497 e. The van der Waals surface area contributed by atoms with Gasteiger partial charge in [0, 0.05) is 11.3 Å². The van der Waals surface area contributed by atoms with E-state index >= 15 is 0 Å². The van der Waals surface area contributed by atoms with E-state index < -0.39 is 22.1 Å². The van der Waals surface area contributed by atoms with Gasteiger partial charge in [-0.1, -0.05) is 11.6 Å². The highest BCUT2D eigenvalue weighted by atomic mass is 35.5. The summed E-state index contributed by atoms with van der Waals surface area (Å²) >= 11 is 6.72. The zero-order chi connectivity index (χ0) is 22.6. The fourth-order valence-electron chi connectivity index (χ4n) is 2.59. The Labute approximate surface area is 188 Å². The predicted molar refractivity (Wildman–Crippen MR) is 119 cm³/mol. The molecule has 0 saturated carbocycles. The lowest BCUT2D eigenvalue weighted by Gasteiger charge is -2.13. The first kappa shape index (κ1) is 22.8. The van der Waals surface area contributed by atoms with E-state index in [2.05, 4.69) is 4.72 Å². The molecule has 0 aliphatic heterocycles. The van der Waals surface area contributed by atoms with Crippen molar-refractivity contribution in [3.8, 4) is 5.75 Å². The largest absolute Gasteiger partial charge is 0.497 e. The van der Waals surface area contributed by atoms with E-state index in [1.807, 2.05) is 0 Å². The Morgan fingerprint density at radius 3 is 2.13 bits per heavy atom. The first-order valence-corrected chi connectivity index (χ1v) is 11.6. The maximum absolute atomic E-state index is 12.5. The van der Waals surface area contributed by atoms with Crippen LogP contribution in [0.25, 0.3) is 0 Å². The van der Waals surface area contributed by atoms with Crippen LogP contribution in [0.2, 0.25) is 4.34 Å². The number of thiophene rings is 1. The van der Waals surface area contributed by atoms with Crippen molar-refractivity contribution in [2.75, 3.05) is 11.8 Å². The highest BCUT2D eigenvalue weighted by molar-refractivity contribution is 7.94. The fraction of sp³-hybridized carbons (Fsp3) is 0.143. The number of methoxy groups -OCH3 is 1. The van der Waals surface area contributed by atoms with Gasteiger partial charge in [0.25, 0.3) is 10.0 Å². The molecular formula is C21H18ClNO6S2. The molecule has 0 fully saturated rings. The van der Waals surface area contributed by atoms with Crippen LogP contribution in [-0.2, 0) is 14.8 Å². The minimum atomic E-state index is -3.78. The molecule has 1 N–H and O–H groups in total. The number of rotatable bonds is 8. The molecule has 162 valence electrons. The molecule has 0 radical (unpaired) electrons. The molecule has 1 heterocycles. The molecule has 1 atom stereocenters. The number of ketones is 1. The number of ether oxygens (including phenoxy) is 2. The Morgan fingerprint density at radius 1 is 0.968 bits per heavy atom. The molecule has 7 nitrogen and oxygen atoms in total. The first-order chi connectivity index (χ1) is 14.7. The van der Waals surface area contributed by atoms with Gasteiger partial charge >= 0.3 is 5.97 Å². The highest BCUT2D eigenvalue weighted by Gasteiger charge is 2.21. The van der Waals surface area contributed by atoms with Crippen LogP contribution >= 0.6 is 22.9 Å². The van der Waals surface area contributed by atoms with Crippen LogP contribution in [0.3, 0.4) is 0 Å². The van der Waals surface area contributed by atoms with Crippen molar-refractivity contribution in [3.05, 3.63) is 76.1 Å². The van der Waals surface area contributed by atoms with Crippen molar-refractivity contribution in [1.82, 2.24) is 0 Å². The second kappa shape index (κ2) is 9.51. The van der Waals surface area contributed by atoms with Crippen molar-refractivity contribution in [2.24, 2.45) is 0 Å². The third-order valence-electron chi connectivity index (χ3n) is 4.21. The maximum Gasteiger partial charge on any atom is 0.338 e. The van der Waals surface area contributed by atoms with Crippen LogP contribution in [0, 0.1) is 0 Å². The minimum absolute atomic E-state index is 0.0758. The molecule has 3 rings (SSSR count). The van der Waals surface area contributed by atoms with Crippen molar-refractivity contribution < 1.29 is 27.5 Å². The Kier molecular flexibility index (Phi) is 6.99. The van der Waals surface area contributed by atoms with Crippen LogP contribution in [0.4, 0.5) is 5.69 Å². The van der Waals surface area contributed by atoms with E-state index in [1.54, 1.807) is 24.3 Å². The number of anilines is 1. The van der Waals surface area contributed by atoms with Gasteiger partial charge in [-0.15, -0.1) is 11.3 Å². The van der Waals surface area contributed by atoms with Crippen LogP contribution in [0.5, 0.6) is 5.75 Å². The molecule has 0 spiro atoms. The maximum atomic E-state index is 12.5. The van der Waals surface area contributed by atoms with E-state index in [9.17, 15) is 18.0 Å². The summed E-state index contributed by atoms with van der Waals surface area (Å²) in [5.74, 6) is -0.442. The lowest BCUT2D eigenvalue weighted by molar-refractivity contribution is 0.0319. The SMILES string of the molecule is COc1ccc(C(=O)C(C)OC(=O)c2ccc(NS(=O)(=O)c3ccc(Cl)s3)cc2)cc1. The number of carbonyl (C=O) groups is 2. The molecule has 1 unspecified atom stereocenters. The number of sulfonamides is 1. The normalized spacial score (nSPS) is 12.1. The summed E-state index contributed by atoms with van der Waals surface area (Å²) in [6.07, 6.45) is -0.998. The van der Waals surface area contributed by atoms with E-state index in [0.717, 1.165) is 11.3 Å². The van der Waals surface area contributed by atoms with Gasteiger partial charge in [0.05, 0.1) is 17.0 Å². The smallest absolute Gasteiger partial charge is 0.338 e. The molecule has 0 aliphatic rings. The molecule has 2 aromatic carbocycles. The fourth-order valence-corrected chi connectivity index (χ4v) is 5.14. The monoisotopic (exact) mass is 479 g/mol. The number of Topliss-reactive ketones (excluding diaryl/α,β-unsaturated/α-hetero) is 1. The second-order valence-electron chi connectivity index (χ2n) is 6.38. The van der Waals surface area contributed by atoms with E-state index in [-0.39, 0.29) is 21.2 Å². The number of hydrogen-bond donors (Lipinski definition) is 1. The standard InChI is InChI=1S/C21H18ClNO6S2/c1-13(20(24)14-5-9-17(28-2)10-6-14)29-21(25)15-3-7-16(8-4-15)23-31(26,27)19-12-11-18(22)30-19/h3-13,23H,1-2H3. The van der Waals surface area contributed by atoms with Gasteiger partial charge in [-0.05, 0) is 67.6 Å². The van der Waals surface area contributed by atoms with Gasteiger partial charge in [0.1, 0.15) is 9.96 Å². The first-order valence-electron chi connectivity index (χ1n) is 8.97. The third-order valence-corrected chi connectivity index (χ3v) is 7.32. The van der Waals surface area contributed by atoms with Gasteiger partial charge < -0.3 is 9.47 Å². The zero-order valence-corrected chi connectivity index (χ0v) is 18.9. The van der Waals surface area contributed by atoms with E-state index in [0.29, 0.717) is 15.6 Å². The summed E-state index contributed by atoms with van der Waals surface area (Å²) in [7, 11) is -2.25. The number of hydrogen-bond acceptors (Lipinski definition) is 7. The lowest BCUT2D eigenvalue weighted by atomic mass is 10.1. The van der Waals surface area contributed by atoms with E-state index in [4.69, 9.17) is 21.1 Å². The van der Waals surface area contributed by atoms with E-state index in [1.165, 1.54) is 50.4 Å². The zero-order valence-electron chi connectivity index (χ0n) is 16.5. The molecule has 10 heteroatoms. The van der Waals surface area contributed by atoms with Gasteiger partial charge in [0.15, 0.2) is 6.10 Å². The summed E-state index contributed by atoms with van der Waals surface area (Å²) in [6.45, 7) is 1.49. The number of benzene rings is 2. The lowest BCUT2D eigenvalue weighted by Crippen LogP contribution is -2.24. The molecule has 0 bridgehead atoms. The molecule has 31 heavy (non-hydrogen) atoms. The quantitative estimate of drug-likeness (QED) is 0.373. The number of halogens is 1. The van der Waals surface area contributed by atoms with Crippen LogP contribution < -0.4 is 9.46 Å². The summed E-state index contributed by atoms with van der Waals surface area (Å²) in [4.78, 5) is 24.8. The van der Waals surface area contributed by atoms with Crippen LogP contribution in [-0.4, -0.2) is 33.4 Å². The summed E-state index contributed by atoms with van der Waals surface area (Å²) in [6, 6.07) is 15.0. The molecule has 0 amide bonds. The predicted octanol–water partition coefficient (Wildman–Crippen LogP) is 4.64. The number of nitrogens with one attached hydrogen (secondary N) is 1. The van der Waals surface area contributed by atoms with Crippen LogP contribution in [0.1, 0.15) is 27.6 Å². The van der Waals surface area contributed by atoms with Crippen molar-refractivity contribution in [2.45, 2.75) is 17.2 Å². The summed E-state index contributed by atoms with van der Waals surface area (Å²) in [5.41, 5.74) is 0.833. The molecule has 1 aromatic heterocycles. The topological polar surface area (TPSA) is 98.8 Å². The Balaban J connectivity index is 1.63. The Hall–Kier alpha value is -2.88. The van der Waals surface area contributed by atoms with Crippen molar-refractivity contribution in [1.29, 1.82) is 0 Å². The van der Waals surface area contributed by atoms with Crippen molar-refractivity contribution in [3.63, 3.8) is 0 Å². The highest BCUT2D eigenvalue weighted by Crippen LogP contribution is 2.27. The van der Waals surface area contributed by atoms with Gasteiger partial charge in [-0.3, -0.25) is 9.52 Å². The molecule has 3 aromatic rings. The van der Waals surface area contributed by atoms with Crippen molar-refractivity contribution >= 4 is 50.4 Å². The molecule has 0 saturated heterocycles. The van der Waals surface area contributed by atoms with Gasteiger partial charge in [-0.25, -0.2) is 13.2 Å². The molecule has 0 aliphatic carbocycles. The summed E-state index contributed by atoms with van der Waals surface area (Å²) < 4.78 is 37.8. The van der Waals surface area contributed by atoms with Crippen LogP contribution in [0.15, 0.2) is 64.9 Å². The average molecular weight is 480 g/mol. The number of carbonyl (C=O) groups excluding carboxylic acids is 2. The number of esters is 1.